The maximum atomic E-state index is 12.4. The monoisotopic (exact) mass is 557 g/mol. The molecule has 0 aliphatic heterocycles. The number of amides is 1. The van der Waals surface area contributed by atoms with Crippen LogP contribution in [0.5, 0.6) is 11.5 Å². The number of ether oxygens (including phenoxy) is 2. The number of benzene rings is 3. The van der Waals surface area contributed by atoms with Crippen LogP contribution in [-0.2, 0) is 11.4 Å². The van der Waals surface area contributed by atoms with E-state index in [0.29, 0.717) is 35.8 Å². The molecule has 0 heterocycles. The third-order valence-corrected chi connectivity index (χ3v) is 5.42. The number of hydrogen-bond acceptors (Lipinski definition) is 4. The highest BCUT2D eigenvalue weighted by Crippen LogP contribution is 2.35. The van der Waals surface area contributed by atoms with Gasteiger partial charge in [-0.15, -0.1) is 0 Å². The zero-order valence-corrected chi connectivity index (χ0v) is 20.5. The third-order valence-electron chi connectivity index (χ3n) is 4.62. The van der Waals surface area contributed by atoms with Gasteiger partial charge in [0.25, 0.3) is 5.91 Å². The predicted molar refractivity (Wildman–Crippen MR) is 135 cm³/mol. The number of nitrogens with one attached hydrogen (secondary N) is 1. The summed E-state index contributed by atoms with van der Waals surface area (Å²) in [7, 11) is 0. The van der Waals surface area contributed by atoms with Gasteiger partial charge >= 0.3 is 5.97 Å². The molecule has 0 fully saturated rings. The fourth-order valence-electron chi connectivity index (χ4n) is 3.13. The van der Waals surface area contributed by atoms with E-state index in [9.17, 15) is 14.7 Å². The van der Waals surface area contributed by atoms with Crippen molar-refractivity contribution in [3.05, 3.63) is 98.3 Å². The molecule has 0 saturated carbocycles. The summed E-state index contributed by atoms with van der Waals surface area (Å²) in [6, 6.07) is 20.0. The first kappa shape index (κ1) is 24.3. The zero-order valence-electron chi connectivity index (χ0n) is 18.3. The van der Waals surface area contributed by atoms with Crippen molar-refractivity contribution in [2.75, 3.05) is 6.61 Å². The molecular formula is C26H24INO5. The van der Waals surface area contributed by atoms with E-state index >= 15 is 0 Å². The molecule has 0 aliphatic carbocycles. The van der Waals surface area contributed by atoms with Crippen molar-refractivity contribution in [2.45, 2.75) is 20.5 Å². The van der Waals surface area contributed by atoms with Crippen molar-refractivity contribution in [2.24, 2.45) is 0 Å². The summed E-state index contributed by atoms with van der Waals surface area (Å²) in [6.45, 7) is 4.68. The smallest absolute Gasteiger partial charge is 0.352 e. The van der Waals surface area contributed by atoms with Gasteiger partial charge in [0.2, 0.25) is 0 Å². The Balaban J connectivity index is 1.87. The van der Waals surface area contributed by atoms with Gasteiger partial charge in [0.1, 0.15) is 12.3 Å². The first-order chi connectivity index (χ1) is 15.9. The van der Waals surface area contributed by atoms with Crippen LogP contribution in [0.3, 0.4) is 0 Å². The summed E-state index contributed by atoms with van der Waals surface area (Å²) >= 11 is 2.13. The van der Waals surface area contributed by atoms with E-state index in [4.69, 9.17) is 9.47 Å². The Kier molecular flexibility index (Phi) is 8.48. The highest BCUT2D eigenvalue weighted by atomic mass is 127. The van der Waals surface area contributed by atoms with Crippen LogP contribution in [0.2, 0.25) is 0 Å². The molecule has 0 saturated heterocycles. The molecule has 3 aromatic rings. The molecule has 0 bridgehead atoms. The molecule has 0 aliphatic rings. The number of halogens is 1. The average Bonchev–Trinajstić information content (AvgIpc) is 2.79. The van der Waals surface area contributed by atoms with Gasteiger partial charge in [-0.1, -0.05) is 48.0 Å². The standard InChI is InChI=1S/C26H24INO5/c1-3-32-23-15-19(13-21(27)24(23)33-16-18-9-7-8-17(2)12-18)14-22(26(30)31)28-25(29)20-10-5-4-6-11-20/h4-15H,3,16H2,1-2H3,(H,28,29)(H,30,31). The maximum Gasteiger partial charge on any atom is 0.352 e. The van der Waals surface area contributed by atoms with E-state index in [1.54, 1.807) is 42.5 Å². The summed E-state index contributed by atoms with van der Waals surface area (Å²) in [5.74, 6) is -0.655. The van der Waals surface area contributed by atoms with Crippen molar-refractivity contribution in [1.29, 1.82) is 0 Å². The van der Waals surface area contributed by atoms with Crippen molar-refractivity contribution in [1.82, 2.24) is 5.32 Å². The first-order valence-corrected chi connectivity index (χ1v) is 11.4. The second-order valence-electron chi connectivity index (χ2n) is 7.22. The number of carbonyl (C=O) groups is 2. The fraction of sp³-hybridized carbons (Fsp3) is 0.154. The Labute approximate surface area is 206 Å². The van der Waals surface area contributed by atoms with Gasteiger partial charge in [-0.2, -0.15) is 0 Å². The van der Waals surface area contributed by atoms with Crippen molar-refractivity contribution in [3.8, 4) is 11.5 Å². The van der Waals surface area contributed by atoms with Crippen LogP contribution in [0.4, 0.5) is 0 Å². The van der Waals surface area contributed by atoms with Gasteiger partial charge in [-0.05, 0) is 77.9 Å². The minimum Gasteiger partial charge on any atom is -0.490 e. The number of aliphatic carboxylic acids is 1. The van der Waals surface area contributed by atoms with Crippen LogP contribution in [0.25, 0.3) is 6.08 Å². The molecule has 3 rings (SSSR count). The zero-order chi connectivity index (χ0) is 23.8. The van der Waals surface area contributed by atoms with Crippen LogP contribution in [0.15, 0.2) is 72.4 Å². The summed E-state index contributed by atoms with van der Waals surface area (Å²) < 4.78 is 12.6. The van der Waals surface area contributed by atoms with Crippen molar-refractivity contribution < 1.29 is 24.2 Å². The predicted octanol–water partition coefficient (Wildman–Crippen LogP) is 5.43. The first-order valence-electron chi connectivity index (χ1n) is 10.3. The summed E-state index contributed by atoms with van der Waals surface area (Å²) in [5, 5.41) is 12.1. The Morgan fingerprint density at radius 2 is 1.79 bits per heavy atom. The molecule has 1 amide bonds. The highest BCUT2D eigenvalue weighted by Gasteiger charge is 2.16. The van der Waals surface area contributed by atoms with Crippen LogP contribution in [-0.4, -0.2) is 23.6 Å². The normalized spacial score (nSPS) is 11.1. The number of carboxylic acids is 1. The second-order valence-corrected chi connectivity index (χ2v) is 8.39. The Morgan fingerprint density at radius 1 is 1.03 bits per heavy atom. The Morgan fingerprint density at radius 3 is 2.45 bits per heavy atom. The lowest BCUT2D eigenvalue weighted by Gasteiger charge is -2.15. The van der Waals surface area contributed by atoms with E-state index in [-0.39, 0.29) is 5.70 Å². The minimum atomic E-state index is -1.24. The quantitative estimate of drug-likeness (QED) is 0.271. The average molecular weight is 557 g/mol. The fourth-order valence-corrected chi connectivity index (χ4v) is 3.91. The van der Waals surface area contributed by atoms with Crippen LogP contribution < -0.4 is 14.8 Å². The number of rotatable bonds is 9. The highest BCUT2D eigenvalue weighted by molar-refractivity contribution is 14.1. The van der Waals surface area contributed by atoms with E-state index < -0.39 is 11.9 Å². The lowest BCUT2D eigenvalue weighted by molar-refractivity contribution is -0.132. The van der Waals surface area contributed by atoms with E-state index in [1.165, 1.54) is 6.08 Å². The molecule has 0 spiro atoms. The molecule has 7 heteroatoms. The van der Waals surface area contributed by atoms with E-state index in [0.717, 1.165) is 14.7 Å². The second kappa shape index (κ2) is 11.5. The van der Waals surface area contributed by atoms with Crippen LogP contribution in [0, 0.1) is 10.5 Å². The molecule has 2 N–H and O–H groups in total. The van der Waals surface area contributed by atoms with Crippen molar-refractivity contribution in [3.63, 3.8) is 0 Å². The van der Waals surface area contributed by atoms with Crippen LogP contribution >= 0.6 is 22.6 Å². The van der Waals surface area contributed by atoms with Gasteiger partial charge in [-0.3, -0.25) is 4.79 Å². The Hall–Kier alpha value is -3.33. The largest absolute Gasteiger partial charge is 0.490 e. The van der Waals surface area contributed by atoms with Crippen LogP contribution in [0.1, 0.15) is 34.0 Å². The molecule has 3 aromatic carbocycles. The minimum absolute atomic E-state index is 0.240. The van der Waals surface area contributed by atoms with Gasteiger partial charge in [0.05, 0.1) is 10.2 Å². The molecular weight excluding hydrogens is 533 g/mol. The van der Waals surface area contributed by atoms with E-state index in [1.807, 2.05) is 32.0 Å². The molecule has 0 aromatic heterocycles. The molecule has 170 valence electrons. The Bertz CT molecular complexity index is 1170. The SMILES string of the molecule is CCOc1cc(C=C(NC(=O)c2ccccc2)C(=O)O)cc(I)c1OCc1cccc(C)c1. The summed E-state index contributed by atoms with van der Waals surface area (Å²) in [5.41, 5.74) is 2.88. The van der Waals surface area contributed by atoms with Gasteiger partial charge in [-0.25, -0.2) is 4.79 Å². The summed E-state index contributed by atoms with van der Waals surface area (Å²) in [6.07, 6.45) is 1.40. The van der Waals surface area contributed by atoms with Gasteiger partial charge in [0, 0.05) is 5.56 Å². The maximum absolute atomic E-state index is 12.4. The topological polar surface area (TPSA) is 84.9 Å². The lowest BCUT2D eigenvalue weighted by atomic mass is 10.1. The number of carbonyl (C=O) groups excluding carboxylic acids is 1. The van der Waals surface area contributed by atoms with Crippen molar-refractivity contribution >= 4 is 40.5 Å². The molecule has 33 heavy (non-hydrogen) atoms. The molecule has 0 atom stereocenters. The lowest BCUT2D eigenvalue weighted by Crippen LogP contribution is -2.27. The number of carboxylic acid groups (broad SMARTS) is 1. The summed E-state index contributed by atoms with van der Waals surface area (Å²) in [4.78, 5) is 24.2. The molecule has 0 radical (unpaired) electrons. The molecule has 6 nitrogen and oxygen atoms in total. The molecule has 0 unspecified atom stereocenters. The number of hydrogen-bond donors (Lipinski definition) is 2. The van der Waals surface area contributed by atoms with Gasteiger partial charge < -0.3 is 19.9 Å². The number of aryl methyl sites for hydroxylation is 1. The third kappa shape index (κ3) is 6.82. The van der Waals surface area contributed by atoms with Gasteiger partial charge in [0.15, 0.2) is 11.5 Å². The van der Waals surface area contributed by atoms with E-state index in [2.05, 4.69) is 34.0 Å².